The van der Waals surface area contributed by atoms with Crippen molar-refractivity contribution in [3.63, 3.8) is 0 Å². The first-order valence-electron chi connectivity index (χ1n) is 6.94. The van der Waals surface area contributed by atoms with Gasteiger partial charge in [-0.15, -0.1) is 0 Å². The fraction of sp³-hybridized carbons (Fsp3) is 0.375. The van der Waals surface area contributed by atoms with Crippen molar-refractivity contribution in [1.82, 2.24) is 9.78 Å². The van der Waals surface area contributed by atoms with Crippen LogP contribution in [0.1, 0.15) is 41.9 Å². The summed E-state index contributed by atoms with van der Waals surface area (Å²) in [7, 11) is 0. The smallest absolute Gasteiger partial charge is 0.0991 e. The molecule has 4 nitrogen and oxygen atoms in total. The van der Waals surface area contributed by atoms with Crippen LogP contribution < -0.4 is 5.73 Å². The Morgan fingerprint density at radius 1 is 1.30 bits per heavy atom. The van der Waals surface area contributed by atoms with Crippen LogP contribution in [0.4, 0.5) is 5.69 Å². The van der Waals surface area contributed by atoms with Gasteiger partial charge in [0.05, 0.1) is 35.3 Å². The van der Waals surface area contributed by atoms with Crippen molar-refractivity contribution in [2.45, 2.75) is 40.2 Å². The van der Waals surface area contributed by atoms with E-state index >= 15 is 0 Å². The summed E-state index contributed by atoms with van der Waals surface area (Å²) < 4.78 is 1.99. The lowest BCUT2D eigenvalue weighted by atomic mass is 10.1. The number of hydrogen-bond donors (Lipinski definition) is 1. The molecular weight excluding hydrogens is 248 g/mol. The summed E-state index contributed by atoms with van der Waals surface area (Å²) in [5.41, 5.74) is 12.0. The first kappa shape index (κ1) is 14.1. The van der Waals surface area contributed by atoms with Crippen LogP contribution in [-0.4, -0.2) is 9.78 Å². The predicted octanol–water partition coefficient (Wildman–Crippen LogP) is 2.82. The molecule has 2 N–H and O–H groups in total. The quantitative estimate of drug-likeness (QED) is 0.927. The van der Waals surface area contributed by atoms with Crippen molar-refractivity contribution >= 4 is 5.69 Å². The fourth-order valence-corrected chi connectivity index (χ4v) is 2.43. The molecule has 0 bridgehead atoms. The van der Waals surface area contributed by atoms with Gasteiger partial charge in [0, 0.05) is 0 Å². The number of nitrogen functional groups attached to an aromatic ring is 1. The van der Waals surface area contributed by atoms with E-state index in [4.69, 9.17) is 11.0 Å². The Morgan fingerprint density at radius 3 is 2.60 bits per heavy atom. The van der Waals surface area contributed by atoms with Gasteiger partial charge in [0.25, 0.3) is 0 Å². The summed E-state index contributed by atoms with van der Waals surface area (Å²) in [5.74, 6) is 0. The molecule has 0 aliphatic carbocycles. The lowest BCUT2D eigenvalue weighted by Gasteiger charge is -2.09. The minimum atomic E-state index is 0.691. The van der Waals surface area contributed by atoms with Gasteiger partial charge in [0.15, 0.2) is 0 Å². The van der Waals surface area contributed by atoms with E-state index in [-0.39, 0.29) is 0 Å². The third-order valence-corrected chi connectivity index (χ3v) is 3.64. The molecule has 20 heavy (non-hydrogen) atoms. The number of aryl methyl sites for hydroxylation is 2. The van der Waals surface area contributed by atoms with Gasteiger partial charge in [-0.05, 0) is 43.0 Å². The molecule has 2 aromatic rings. The Morgan fingerprint density at radius 2 is 2.05 bits per heavy atom. The Hall–Kier alpha value is -2.28. The molecule has 1 aromatic carbocycles. The molecule has 4 heteroatoms. The second-order valence-corrected chi connectivity index (χ2v) is 4.92. The van der Waals surface area contributed by atoms with E-state index < -0.39 is 0 Å². The zero-order valence-corrected chi connectivity index (χ0v) is 12.3. The molecule has 104 valence electrons. The van der Waals surface area contributed by atoms with Crippen molar-refractivity contribution in [2.24, 2.45) is 0 Å². The monoisotopic (exact) mass is 268 g/mol. The van der Waals surface area contributed by atoms with Crippen LogP contribution in [0.15, 0.2) is 18.2 Å². The number of nitriles is 1. The molecular formula is C16H20N4. The zero-order valence-electron chi connectivity index (χ0n) is 12.3. The normalized spacial score (nSPS) is 10.5. The summed E-state index contributed by atoms with van der Waals surface area (Å²) in [6.07, 6.45) is 1.71. The molecule has 0 saturated heterocycles. The Kier molecular flexibility index (Phi) is 4.09. The molecule has 0 amide bonds. The van der Waals surface area contributed by atoms with Crippen LogP contribution in [0.5, 0.6) is 0 Å². The highest BCUT2D eigenvalue weighted by atomic mass is 15.3. The lowest BCUT2D eigenvalue weighted by molar-refractivity contribution is 0.638. The van der Waals surface area contributed by atoms with Crippen LogP contribution >= 0.6 is 0 Å². The predicted molar refractivity (Wildman–Crippen MR) is 80.4 cm³/mol. The first-order chi connectivity index (χ1) is 9.60. The lowest BCUT2D eigenvalue weighted by Crippen LogP contribution is -2.08. The van der Waals surface area contributed by atoms with E-state index in [0.29, 0.717) is 12.1 Å². The van der Waals surface area contributed by atoms with Crippen molar-refractivity contribution in [1.29, 1.82) is 5.26 Å². The van der Waals surface area contributed by atoms with Crippen LogP contribution in [0, 0.1) is 18.3 Å². The van der Waals surface area contributed by atoms with Crippen LogP contribution in [0.25, 0.3) is 0 Å². The minimum absolute atomic E-state index is 0.691. The highest BCUT2D eigenvalue weighted by molar-refractivity contribution is 5.49. The average Bonchev–Trinajstić information content (AvgIpc) is 2.76. The van der Waals surface area contributed by atoms with Crippen molar-refractivity contribution < 1.29 is 0 Å². The van der Waals surface area contributed by atoms with E-state index in [1.54, 1.807) is 0 Å². The second kappa shape index (κ2) is 5.79. The molecule has 0 fully saturated rings. The average molecular weight is 268 g/mol. The van der Waals surface area contributed by atoms with Gasteiger partial charge >= 0.3 is 0 Å². The number of nitrogens with zero attached hydrogens (tertiary/aromatic N) is 3. The topological polar surface area (TPSA) is 67.6 Å². The standard InChI is InChI=1S/C16H20N4/c1-4-14-16(18)15(5-2)20(19-14)10-13-7-6-12(9-17)8-11(13)3/h6-8H,4-5,10,18H2,1-3H3. The maximum Gasteiger partial charge on any atom is 0.0991 e. The second-order valence-electron chi connectivity index (χ2n) is 4.92. The van der Waals surface area contributed by atoms with E-state index in [9.17, 15) is 0 Å². The van der Waals surface area contributed by atoms with Crippen LogP contribution in [-0.2, 0) is 19.4 Å². The van der Waals surface area contributed by atoms with Gasteiger partial charge < -0.3 is 5.73 Å². The first-order valence-corrected chi connectivity index (χ1v) is 6.94. The summed E-state index contributed by atoms with van der Waals surface area (Å²) in [6, 6.07) is 7.92. The molecule has 2 rings (SSSR count). The highest BCUT2D eigenvalue weighted by Crippen LogP contribution is 2.21. The maximum atomic E-state index is 8.91. The molecule has 1 aromatic heterocycles. The summed E-state index contributed by atoms with van der Waals surface area (Å²) in [5, 5.41) is 13.5. The molecule has 0 atom stereocenters. The van der Waals surface area contributed by atoms with Gasteiger partial charge in [-0.1, -0.05) is 19.9 Å². The van der Waals surface area contributed by atoms with E-state index in [1.165, 1.54) is 5.56 Å². The summed E-state index contributed by atoms with van der Waals surface area (Å²) in [4.78, 5) is 0. The van der Waals surface area contributed by atoms with Gasteiger partial charge in [-0.3, -0.25) is 4.68 Å². The molecule has 0 unspecified atom stereocenters. The largest absolute Gasteiger partial charge is 0.396 e. The van der Waals surface area contributed by atoms with E-state index in [2.05, 4.69) is 25.0 Å². The number of hydrogen-bond acceptors (Lipinski definition) is 3. The van der Waals surface area contributed by atoms with Gasteiger partial charge in [0.1, 0.15) is 0 Å². The van der Waals surface area contributed by atoms with Gasteiger partial charge in [-0.25, -0.2) is 0 Å². The fourth-order valence-electron chi connectivity index (χ4n) is 2.43. The minimum Gasteiger partial charge on any atom is -0.396 e. The zero-order chi connectivity index (χ0) is 14.7. The number of anilines is 1. The number of aromatic nitrogens is 2. The summed E-state index contributed by atoms with van der Waals surface area (Å²) >= 11 is 0. The number of rotatable bonds is 4. The molecule has 0 aliphatic heterocycles. The Bertz CT molecular complexity index is 662. The molecule has 0 radical (unpaired) electrons. The molecule has 0 saturated carbocycles. The van der Waals surface area contributed by atoms with Crippen molar-refractivity contribution in [3.8, 4) is 6.07 Å². The summed E-state index contributed by atoms with van der Waals surface area (Å²) in [6.45, 7) is 6.88. The molecule has 0 spiro atoms. The number of benzene rings is 1. The maximum absolute atomic E-state index is 8.91. The van der Waals surface area contributed by atoms with Crippen molar-refractivity contribution in [3.05, 3.63) is 46.3 Å². The van der Waals surface area contributed by atoms with Crippen LogP contribution in [0.3, 0.4) is 0 Å². The molecule has 0 aliphatic rings. The third-order valence-electron chi connectivity index (χ3n) is 3.64. The Balaban J connectivity index is 2.37. The Labute approximate surface area is 119 Å². The van der Waals surface area contributed by atoms with Gasteiger partial charge in [-0.2, -0.15) is 10.4 Å². The number of nitrogens with two attached hydrogens (primary N) is 1. The SMILES string of the molecule is CCc1nn(Cc2ccc(C#N)cc2C)c(CC)c1N. The molecule has 1 heterocycles. The van der Waals surface area contributed by atoms with E-state index in [1.807, 2.05) is 29.8 Å². The van der Waals surface area contributed by atoms with Crippen molar-refractivity contribution in [2.75, 3.05) is 5.73 Å². The van der Waals surface area contributed by atoms with Crippen LogP contribution in [0.2, 0.25) is 0 Å². The van der Waals surface area contributed by atoms with E-state index in [0.717, 1.165) is 35.5 Å². The van der Waals surface area contributed by atoms with Gasteiger partial charge in [0.2, 0.25) is 0 Å². The highest BCUT2D eigenvalue weighted by Gasteiger charge is 2.13. The third kappa shape index (κ3) is 2.53.